The highest BCUT2D eigenvalue weighted by molar-refractivity contribution is 14.0. The van der Waals surface area contributed by atoms with Crippen LogP contribution in [-0.4, -0.2) is 39.4 Å². The Labute approximate surface area is 196 Å². The van der Waals surface area contributed by atoms with Gasteiger partial charge in [-0.3, -0.25) is 0 Å². The largest absolute Gasteiger partial charge is 0.378 e. The number of morpholine rings is 1. The fraction of sp³-hybridized carbons (Fsp3) is 0.478. The molecule has 0 saturated carbocycles. The molecule has 1 saturated heterocycles. The standard InChI is InChI=1S/C23H31N3OS.HI/c1-7-17-9-18(25(5)6)10-21-23(17)24-22-14(2)8-19(11-20(22)28-21)26-15(3)12-27-13-16(26)4;/h8-11,15-16,24H,7,12-13H2,1-6H3;1H. The molecule has 2 atom stereocenters. The predicted octanol–water partition coefficient (Wildman–Crippen LogP) is 6.06. The molecule has 4 rings (SSSR count). The van der Waals surface area contributed by atoms with Gasteiger partial charge >= 0.3 is 0 Å². The van der Waals surface area contributed by atoms with Crippen LogP contribution in [-0.2, 0) is 11.2 Å². The van der Waals surface area contributed by atoms with Crippen molar-refractivity contribution in [3.8, 4) is 0 Å². The number of benzene rings is 2. The number of nitrogens with one attached hydrogen (secondary N) is 1. The van der Waals surface area contributed by atoms with Crippen LogP contribution in [0, 0.1) is 6.92 Å². The van der Waals surface area contributed by atoms with Crippen molar-refractivity contribution in [1.82, 2.24) is 0 Å². The Hall–Kier alpha value is -1.12. The highest BCUT2D eigenvalue weighted by atomic mass is 127. The van der Waals surface area contributed by atoms with E-state index in [4.69, 9.17) is 4.74 Å². The quantitative estimate of drug-likeness (QED) is 0.420. The Morgan fingerprint density at radius 1 is 1.07 bits per heavy atom. The van der Waals surface area contributed by atoms with Crippen LogP contribution in [0.25, 0.3) is 0 Å². The summed E-state index contributed by atoms with van der Waals surface area (Å²) in [6, 6.07) is 10.1. The van der Waals surface area contributed by atoms with Crippen molar-refractivity contribution in [3.05, 3.63) is 35.4 Å². The summed E-state index contributed by atoms with van der Waals surface area (Å²) >= 11 is 1.89. The van der Waals surface area contributed by atoms with Crippen LogP contribution in [0.15, 0.2) is 34.1 Å². The Morgan fingerprint density at radius 2 is 1.72 bits per heavy atom. The summed E-state index contributed by atoms with van der Waals surface area (Å²) in [5.74, 6) is 0. The van der Waals surface area contributed by atoms with Gasteiger partial charge in [0.2, 0.25) is 0 Å². The number of anilines is 4. The van der Waals surface area contributed by atoms with Crippen LogP contribution in [0.5, 0.6) is 0 Å². The van der Waals surface area contributed by atoms with Crippen LogP contribution < -0.4 is 15.1 Å². The molecule has 0 radical (unpaired) electrons. The van der Waals surface area contributed by atoms with Crippen LogP contribution in [0.1, 0.15) is 31.9 Å². The molecule has 29 heavy (non-hydrogen) atoms. The second-order valence-corrected chi connectivity index (χ2v) is 9.32. The molecule has 1 fully saturated rings. The minimum Gasteiger partial charge on any atom is -0.378 e. The first-order chi connectivity index (χ1) is 13.4. The fourth-order valence-corrected chi connectivity index (χ4v) is 5.49. The molecular formula is C23H32IN3OS. The highest BCUT2D eigenvalue weighted by Crippen LogP contribution is 2.49. The van der Waals surface area contributed by atoms with Crippen molar-refractivity contribution in [2.45, 2.75) is 56.0 Å². The Kier molecular flexibility index (Phi) is 6.95. The molecule has 2 aliphatic rings. The maximum atomic E-state index is 5.73. The number of hydrogen-bond acceptors (Lipinski definition) is 5. The lowest BCUT2D eigenvalue weighted by Crippen LogP contribution is -2.49. The van der Waals surface area contributed by atoms with E-state index in [1.165, 1.54) is 43.7 Å². The minimum absolute atomic E-state index is 0. The highest BCUT2D eigenvalue weighted by Gasteiger charge is 2.28. The van der Waals surface area contributed by atoms with Gasteiger partial charge in [0.05, 0.1) is 24.6 Å². The van der Waals surface area contributed by atoms with Gasteiger partial charge < -0.3 is 19.9 Å². The molecule has 6 heteroatoms. The maximum absolute atomic E-state index is 5.73. The number of nitrogens with zero attached hydrogens (tertiary/aromatic N) is 2. The molecule has 158 valence electrons. The molecule has 2 heterocycles. The number of aryl methyl sites for hydroxylation is 2. The fourth-order valence-electron chi connectivity index (χ4n) is 4.30. The lowest BCUT2D eigenvalue weighted by atomic mass is 10.1. The lowest BCUT2D eigenvalue weighted by Gasteiger charge is -2.41. The molecule has 0 aliphatic carbocycles. The van der Waals surface area contributed by atoms with Gasteiger partial charge in [0, 0.05) is 47.3 Å². The van der Waals surface area contributed by atoms with Gasteiger partial charge in [0.15, 0.2) is 0 Å². The monoisotopic (exact) mass is 525 g/mol. The zero-order chi connectivity index (χ0) is 20.0. The summed E-state index contributed by atoms with van der Waals surface area (Å²) in [6.45, 7) is 10.5. The van der Waals surface area contributed by atoms with Crippen LogP contribution >= 0.6 is 35.7 Å². The number of ether oxygens (including phenoxy) is 1. The van der Waals surface area contributed by atoms with Crippen molar-refractivity contribution < 1.29 is 4.74 Å². The van der Waals surface area contributed by atoms with E-state index in [9.17, 15) is 0 Å². The summed E-state index contributed by atoms with van der Waals surface area (Å²) in [5, 5.41) is 3.76. The first-order valence-corrected chi connectivity index (χ1v) is 11.0. The summed E-state index contributed by atoms with van der Waals surface area (Å²) in [6.07, 6.45) is 1.02. The SMILES string of the molecule is CCc1cc(N(C)C)cc2c1Nc1c(C)cc(N3C(C)COCC3C)cc1S2.I. The Morgan fingerprint density at radius 3 is 2.34 bits per heavy atom. The van der Waals surface area contributed by atoms with Crippen LogP contribution in [0.4, 0.5) is 22.7 Å². The molecule has 2 aliphatic heterocycles. The van der Waals surface area contributed by atoms with E-state index in [2.05, 4.69) is 81.2 Å². The lowest BCUT2D eigenvalue weighted by molar-refractivity contribution is 0.0756. The van der Waals surface area contributed by atoms with Crippen molar-refractivity contribution in [2.24, 2.45) is 0 Å². The van der Waals surface area contributed by atoms with Crippen LogP contribution in [0.3, 0.4) is 0 Å². The number of rotatable bonds is 3. The minimum atomic E-state index is 0. The zero-order valence-corrected chi connectivity index (χ0v) is 21.4. The van der Waals surface area contributed by atoms with Crippen LogP contribution in [0.2, 0.25) is 0 Å². The van der Waals surface area contributed by atoms with Crippen molar-refractivity contribution in [3.63, 3.8) is 0 Å². The second-order valence-electron chi connectivity index (χ2n) is 8.23. The predicted molar refractivity (Wildman–Crippen MR) is 136 cm³/mol. The normalized spacial score (nSPS) is 20.3. The van der Waals surface area contributed by atoms with E-state index in [0.717, 1.165) is 19.6 Å². The van der Waals surface area contributed by atoms with E-state index in [1.54, 1.807) is 0 Å². The first-order valence-electron chi connectivity index (χ1n) is 10.2. The van der Waals surface area contributed by atoms with E-state index >= 15 is 0 Å². The Bertz CT molecular complexity index is 892. The van der Waals surface area contributed by atoms with Gasteiger partial charge in [-0.2, -0.15) is 0 Å². The summed E-state index contributed by atoms with van der Waals surface area (Å²) in [4.78, 5) is 7.33. The van der Waals surface area contributed by atoms with Crippen molar-refractivity contribution in [2.75, 3.05) is 42.4 Å². The molecule has 0 amide bonds. The molecule has 2 aromatic carbocycles. The molecule has 2 unspecified atom stereocenters. The van der Waals surface area contributed by atoms with Gasteiger partial charge in [-0.1, -0.05) is 18.7 Å². The van der Waals surface area contributed by atoms with Gasteiger partial charge in [0.1, 0.15) is 0 Å². The molecule has 4 nitrogen and oxygen atoms in total. The van der Waals surface area contributed by atoms with E-state index in [-0.39, 0.29) is 24.0 Å². The van der Waals surface area contributed by atoms with E-state index < -0.39 is 0 Å². The second kappa shape index (κ2) is 8.94. The van der Waals surface area contributed by atoms with E-state index in [1.807, 2.05) is 11.8 Å². The third-order valence-corrected chi connectivity index (χ3v) is 6.87. The summed E-state index contributed by atoms with van der Waals surface area (Å²) < 4.78 is 5.73. The smallest absolute Gasteiger partial charge is 0.0668 e. The average molecular weight is 526 g/mol. The number of hydrogen-bond donors (Lipinski definition) is 1. The molecule has 2 aromatic rings. The molecule has 0 spiro atoms. The van der Waals surface area contributed by atoms with Crippen molar-refractivity contribution >= 4 is 58.5 Å². The topological polar surface area (TPSA) is 27.7 Å². The zero-order valence-electron chi connectivity index (χ0n) is 18.2. The first kappa shape index (κ1) is 22.6. The molecular weight excluding hydrogens is 493 g/mol. The number of halogens is 1. The molecule has 1 N–H and O–H groups in total. The van der Waals surface area contributed by atoms with Gasteiger partial charge in [-0.25, -0.2) is 0 Å². The summed E-state index contributed by atoms with van der Waals surface area (Å²) in [5.41, 5.74) is 7.76. The average Bonchev–Trinajstić information content (AvgIpc) is 2.65. The Balaban J connectivity index is 0.00000240. The third kappa shape index (κ3) is 4.21. The maximum Gasteiger partial charge on any atom is 0.0668 e. The number of fused-ring (bicyclic) bond motifs is 2. The van der Waals surface area contributed by atoms with Gasteiger partial charge in [-0.05, 0) is 62.6 Å². The summed E-state index contributed by atoms with van der Waals surface area (Å²) in [7, 11) is 4.22. The van der Waals surface area contributed by atoms with Crippen molar-refractivity contribution in [1.29, 1.82) is 0 Å². The molecule has 0 bridgehead atoms. The van der Waals surface area contributed by atoms with Gasteiger partial charge in [-0.15, -0.1) is 24.0 Å². The third-order valence-electron chi connectivity index (χ3n) is 5.79. The van der Waals surface area contributed by atoms with Gasteiger partial charge in [0.25, 0.3) is 0 Å². The van der Waals surface area contributed by atoms with E-state index in [0.29, 0.717) is 12.1 Å². The molecule has 0 aromatic heterocycles.